The second-order valence-electron chi connectivity index (χ2n) is 10.8. The van der Waals surface area contributed by atoms with Crippen molar-refractivity contribution in [2.75, 3.05) is 13.2 Å². The molecule has 1 aromatic carbocycles. The maximum absolute atomic E-state index is 12.7. The summed E-state index contributed by atoms with van der Waals surface area (Å²) in [5.74, 6) is 0.748. The summed E-state index contributed by atoms with van der Waals surface area (Å²) in [5.41, 5.74) is 0.646. The van der Waals surface area contributed by atoms with Crippen molar-refractivity contribution in [3.63, 3.8) is 0 Å². The van der Waals surface area contributed by atoms with E-state index < -0.39 is 0 Å². The molecule has 0 heterocycles. The fourth-order valence-electron chi connectivity index (χ4n) is 4.46. The summed E-state index contributed by atoms with van der Waals surface area (Å²) in [4.78, 5) is 12.7. The van der Waals surface area contributed by atoms with Gasteiger partial charge in [-0.25, -0.2) is 0 Å². The smallest absolute Gasteiger partial charge is 0.494 e. The Balaban J connectivity index is 0. The van der Waals surface area contributed by atoms with Gasteiger partial charge in [0.15, 0.2) is 0 Å². The molecule has 1 amide bonds. The molecule has 1 rings (SSSR count). The van der Waals surface area contributed by atoms with Gasteiger partial charge in [0.2, 0.25) is 0 Å². The molecule has 0 saturated heterocycles. The van der Waals surface area contributed by atoms with E-state index in [1.807, 2.05) is 38.1 Å². The van der Waals surface area contributed by atoms with Gasteiger partial charge in [-0.1, -0.05) is 111 Å². The van der Waals surface area contributed by atoms with Gasteiger partial charge in [0.05, 0.1) is 12.7 Å². The standard InChI is InChI=1S/C32H56NO3.C3H7.Cr/c1-5-8-10-12-14-16-18-20-26-35-30-24-22-29(23-25-30)32(34)33-28(4)31(7-3)36-27-21-19-17-15-13-11-9-6-2;1-3-2;/h22-25,28,31H,3,5-21,26-27H2,1-2,4H3,(H,33,34);1,3H2,2H3;/q2*-1;+2. The minimum Gasteiger partial charge on any atom is -0.494 e. The van der Waals surface area contributed by atoms with Crippen molar-refractivity contribution in [1.29, 1.82) is 0 Å². The number of benzene rings is 1. The molecule has 2 atom stereocenters. The Morgan fingerprint density at radius 2 is 1.15 bits per heavy atom. The largest absolute Gasteiger partial charge is 2.00 e. The number of hydrogen-bond donors (Lipinski definition) is 1. The fraction of sp³-hybridized carbons (Fsp3) is 0.743. The first-order valence-corrected chi connectivity index (χ1v) is 16.3. The third-order valence-corrected chi connectivity index (χ3v) is 6.91. The molecule has 1 aromatic rings. The van der Waals surface area contributed by atoms with Crippen LogP contribution in [0, 0.1) is 13.8 Å². The van der Waals surface area contributed by atoms with Crippen molar-refractivity contribution in [2.24, 2.45) is 0 Å². The monoisotopic (exact) mass is 597 g/mol. The van der Waals surface area contributed by atoms with Crippen LogP contribution in [0.2, 0.25) is 0 Å². The van der Waals surface area contributed by atoms with E-state index in [4.69, 9.17) is 9.47 Å². The SMILES string of the molecule is [CH2-]CC.[CH2-]CC(OCCCCCCCCCC)C(C)NC(=O)c1ccc(OCCCCCCCCCC)cc1.[Cr+2]. The van der Waals surface area contributed by atoms with Crippen LogP contribution in [0.3, 0.4) is 0 Å². The van der Waals surface area contributed by atoms with Crippen molar-refractivity contribution in [1.82, 2.24) is 5.32 Å². The topological polar surface area (TPSA) is 47.6 Å². The van der Waals surface area contributed by atoms with Gasteiger partial charge in [-0.15, -0.1) is 0 Å². The minimum atomic E-state index is -0.0815. The van der Waals surface area contributed by atoms with E-state index in [0.29, 0.717) is 12.0 Å². The summed E-state index contributed by atoms with van der Waals surface area (Å²) in [7, 11) is 0. The molecule has 232 valence electrons. The van der Waals surface area contributed by atoms with Crippen LogP contribution in [-0.2, 0) is 22.1 Å². The Morgan fingerprint density at radius 1 is 0.725 bits per heavy atom. The molecule has 0 spiro atoms. The average molecular weight is 598 g/mol. The van der Waals surface area contributed by atoms with Crippen LogP contribution in [0.25, 0.3) is 0 Å². The maximum atomic E-state index is 12.7. The second kappa shape index (κ2) is 30.9. The van der Waals surface area contributed by atoms with Crippen LogP contribution in [0.4, 0.5) is 0 Å². The summed E-state index contributed by atoms with van der Waals surface area (Å²) in [6.45, 7) is 17.5. The van der Waals surface area contributed by atoms with Gasteiger partial charge in [-0.2, -0.15) is 12.8 Å². The van der Waals surface area contributed by atoms with Crippen molar-refractivity contribution < 1.29 is 31.6 Å². The van der Waals surface area contributed by atoms with Crippen LogP contribution in [0.1, 0.15) is 154 Å². The summed E-state index contributed by atoms with van der Waals surface area (Å²) in [6.07, 6.45) is 22.2. The number of unbranched alkanes of at least 4 members (excludes halogenated alkanes) is 14. The van der Waals surface area contributed by atoms with Crippen molar-refractivity contribution in [2.45, 2.75) is 155 Å². The van der Waals surface area contributed by atoms with Crippen LogP contribution in [0.5, 0.6) is 5.75 Å². The van der Waals surface area contributed by atoms with E-state index >= 15 is 0 Å². The van der Waals surface area contributed by atoms with Gasteiger partial charge in [-0.05, 0) is 44.0 Å². The first kappa shape index (κ1) is 41.1. The van der Waals surface area contributed by atoms with Crippen LogP contribution in [-0.4, -0.2) is 31.3 Å². The number of carbonyl (C=O) groups excluding carboxylic acids is 1. The maximum Gasteiger partial charge on any atom is 2.00 e. The Labute approximate surface area is 260 Å². The van der Waals surface area contributed by atoms with Crippen LogP contribution in [0.15, 0.2) is 24.3 Å². The summed E-state index contributed by atoms with van der Waals surface area (Å²) in [5, 5.41) is 3.09. The Bertz CT molecular complexity index is 653. The molecule has 0 radical (unpaired) electrons. The van der Waals surface area contributed by atoms with E-state index in [-0.39, 0.29) is 35.4 Å². The first-order valence-electron chi connectivity index (χ1n) is 16.3. The zero-order valence-electron chi connectivity index (χ0n) is 26.7. The fourth-order valence-corrected chi connectivity index (χ4v) is 4.46. The van der Waals surface area contributed by atoms with Gasteiger partial charge >= 0.3 is 17.4 Å². The van der Waals surface area contributed by atoms with E-state index in [9.17, 15) is 4.79 Å². The first-order chi connectivity index (χ1) is 19.0. The molecule has 5 heteroatoms. The average Bonchev–Trinajstić information content (AvgIpc) is 2.94. The molecule has 2 unspecified atom stereocenters. The van der Waals surface area contributed by atoms with Gasteiger partial charge < -0.3 is 28.6 Å². The predicted octanol–water partition coefficient (Wildman–Crippen LogP) is 10.3. The molecule has 4 nitrogen and oxygen atoms in total. The molecule has 0 aromatic heterocycles. The number of carbonyl (C=O) groups is 1. The quantitative estimate of drug-likeness (QED) is 0.0953. The van der Waals surface area contributed by atoms with Gasteiger partial charge in [0, 0.05) is 18.2 Å². The predicted molar refractivity (Wildman–Crippen MR) is 169 cm³/mol. The summed E-state index contributed by atoms with van der Waals surface area (Å²) >= 11 is 0. The third kappa shape index (κ3) is 23.7. The molecule has 0 aliphatic rings. The zero-order valence-corrected chi connectivity index (χ0v) is 27.9. The Hall–Kier alpha value is -1.02. The van der Waals surface area contributed by atoms with Crippen molar-refractivity contribution >= 4 is 5.91 Å². The second-order valence-corrected chi connectivity index (χ2v) is 10.8. The summed E-state index contributed by atoms with van der Waals surface area (Å²) in [6, 6.07) is 7.38. The molecular weight excluding hydrogens is 534 g/mol. The summed E-state index contributed by atoms with van der Waals surface area (Å²) < 4.78 is 11.9. The molecule has 0 aliphatic heterocycles. The van der Waals surface area contributed by atoms with Crippen LogP contribution >= 0.6 is 0 Å². The normalized spacial score (nSPS) is 12.1. The number of rotatable bonds is 24. The van der Waals surface area contributed by atoms with Crippen molar-refractivity contribution in [3.05, 3.63) is 43.7 Å². The molecule has 0 aliphatic carbocycles. The number of hydrogen-bond acceptors (Lipinski definition) is 3. The molecule has 40 heavy (non-hydrogen) atoms. The Kier molecular flexibility index (Phi) is 31.8. The van der Waals surface area contributed by atoms with E-state index in [1.54, 1.807) is 0 Å². The van der Waals surface area contributed by atoms with E-state index in [1.165, 1.54) is 89.9 Å². The van der Waals surface area contributed by atoms with E-state index in [2.05, 4.69) is 33.0 Å². The van der Waals surface area contributed by atoms with Crippen LogP contribution < -0.4 is 10.1 Å². The third-order valence-electron chi connectivity index (χ3n) is 6.91. The number of nitrogens with one attached hydrogen (secondary N) is 1. The number of amides is 1. The zero-order chi connectivity index (χ0) is 29.0. The number of ether oxygens (including phenoxy) is 2. The van der Waals surface area contributed by atoms with Crippen molar-refractivity contribution in [3.8, 4) is 5.75 Å². The molecule has 0 bridgehead atoms. The van der Waals surface area contributed by atoms with Gasteiger partial charge in [-0.3, -0.25) is 4.79 Å². The molecule has 0 fully saturated rings. The van der Waals surface area contributed by atoms with Gasteiger partial charge in [0.1, 0.15) is 5.75 Å². The molecular formula is C35H63CrNO3. The Morgan fingerprint density at radius 3 is 1.60 bits per heavy atom. The van der Waals surface area contributed by atoms with Gasteiger partial charge in [0.25, 0.3) is 5.91 Å². The molecule has 0 saturated carbocycles. The minimum absolute atomic E-state index is 0. The molecule has 1 N–H and O–H groups in total. The van der Waals surface area contributed by atoms with E-state index in [0.717, 1.165) is 38.2 Å².